The van der Waals surface area contributed by atoms with Gasteiger partial charge in [-0.2, -0.15) is 5.10 Å². The quantitative estimate of drug-likeness (QED) is 0.334. The number of hydrogen-bond donors (Lipinski definition) is 3. The molecule has 0 unspecified atom stereocenters. The van der Waals surface area contributed by atoms with E-state index in [-0.39, 0.29) is 29.9 Å². The largest absolute Gasteiger partial charge is 0.352 e. The number of guanidine groups is 1. The molecule has 0 fully saturated rings. The van der Waals surface area contributed by atoms with Crippen molar-refractivity contribution in [3.8, 4) is 0 Å². The number of benzene rings is 1. The van der Waals surface area contributed by atoms with Crippen LogP contribution in [0.5, 0.6) is 0 Å². The second kappa shape index (κ2) is 10.9. The Bertz CT molecular complexity index is 782. The molecule has 7 nitrogen and oxygen atoms in total. The van der Waals surface area contributed by atoms with Crippen LogP contribution in [0.4, 0.5) is 0 Å². The fourth-order valence-corrected chi connectivity index (χ4v) is 2.69. The second-order valence-electron chi connectivity index (χ2n) is 6.11. The van der Waals surface area contributed by atoms with Crippen LogP contribution in [0.2, 0.25) is 0 Å². The molecule has 0 radical (unpaired) electrons. The minimum Gasteiger partial charge on any atom is -0.352 e. The Kier molecular flexibility index (Phi) is 9.27. The van der Waals surface area contributed by atoms with Crippen molar-refractivity contribution in [3.63, 3.8) is 0 Å². The maximum absolute atomic E-state index is 11.8. The van der Waals surface area contributed by atoms with Gasteiger partial charge in [0.25, 0.3) is 5.91 Å². The molecule has 0 saturated heterocycles. The van der Waals surface area contributed by atoms with E-state index in [2.05, 4.69) is 33.0 Å². The molecule has 3 N–H and O–H groups in total. The van der Waals surface area contributed by atoms with Crippen molar-refractivity contribution >= 4 is 35.8 Å². The van der Waals surface area contributed by atoms with Gasteiger partial charge in [0, 0.05) is 50.6 Å². The summed E-state index contributed by atoms with van der Waals surface area (Å²) in [5.41, 5.74) is 5.09. The van der Waals surface area contributed by atoms with Crippen LogP contribution >= 0.6 is 24.0 Å². The maximum Gasteiger partial charge on any atom is 0.251 e. The van der Waals surface area contributed by atoms with Crippen LogP contribution < -0.4 is 16.0 Å². The van der Waals surface area contributed by atoms with E-state index in [0.29, 0.717) is 25.2 Å². The lowest BCUT2D eigenvalue weighted by atomic mass is 10.1. The van der Waals surface area contributed by atoms with E-state index in [9.17, 15) is 4.79 Å². The first kappa shape index (κ1) is 22.9. The van der Waals surface area contributed by atoms with Gasteiger partial charge in [-0.05, 0) is 38.5 Å². The minimum absolute atomic E-state index is 0. The van der Waals surface area contributed by atoms with Gasteiger partial charge >= 0.3 is 0 Å². The van der Waals surface area contributed by atoms with Crippen molar-refractivity contribution < 1.29 is 4.79 Å². The number of halogens is 1. The molecule has 8 heteroatoms. The number of nitrogens with one attached hydrogen (secondary N) is 3. The smallest absolute Gasteiger partial charge is 0.251 e. The number of aryl methyl sites for hydroxylation is 2. The van der Waals surface area contributed by atoms with Gasteiger partial charge in [-0.3, -0.25) is 14.5 Å². The topological polar surface area (TPSA) is 83.3 Å². The van der Waals surface area contributed by atoms with Crippen LogP contribution in [-0.2, 0) is 20.1 Å². The van der Waals surface area contributed by atoms with Gasteiger partial charge < -0.3 is 16.0 Å². The number of amides is 1. The first-order valence-electron chi connectivity index (χ1n) is 8.77. The lowest BCUT2D eigenvalue weighted by Gasteiger charge is -2.12. The van der Waals surface area contributed by atoms with Crippen LogP contribution in [0, 0.1) is 13.8 Å². The predicted molar refractivity (Wildman–Crippen MR) is 120 cm³/mol. The van der Waals surface area contributed by atoms with Gasteiger partial charge in [0.2, 0.25) is 0 Å². The lowest BCUT2D eigenvalue weighted by Crippen LogP contribution is -2.36. The third-order valence-electron chi connectivity index (χ3n) is 4.33. The average molecular weight is 484 g/mol. The first-order valence-corrected chi connectivity index (χ1v) is 8.77. The molecule has 0 atom stereocenters. The van der Waals surface area contributed by atoms with E-state index < -0.39 is 0 Å². The fourth-order valence-electron chi connectivity index (χ4n) is 2.69. The molecule has 0 aliphatic rings. The molecule has 0 aliphatic carbocycles. The van der Waals surface area contributed by atoms with Crippen molar-refractivity contribution in [2.24, 2.45) is 12.0 Å². The zero-order chi connectivity index (χ0) is 19.1. The van der Waals surface area contributed by atoms with E-state index in [4.69, 9.17) is 0 Å². The number of hydrogen-bond acceptors (Lipinski definition) is 3. The van der Waals surface area contributed by atoms with Crippen molar-refractivity contribution in [2.75, 3.05) is 13.6 Å². The molecule has 2 rings (SSSR count). The van der Waals surface area contributed by atoms with Crippen LogP contribution in [0.1, 0.15) is 39.8 Å². The molecule has 2 aromatic rings. The monoisotopic (exact) mass is 484 g/mol. The Hall–Kier alpha value is -2.10. The summed E-state index contributed by atoms with van der Waals surface area (Å²) >= 11 is 0. The summed E-state index contributed by atoms with van der Waals surface area (Å²) in [6.07, 6.45) is 0. The van der Waals surface area contributed by atoms with Crippen molar-refractivity contribution in [2.45, 2.75) is 33.9 Å². The first-order chi connectivity index (χ1) is 12.5. The summed E-state index contributed by atoms with van der Waals surface area (Å²) in [5, 5.41) is 13.8. The number of rotatable bonds is 6. The van der Waals surface area contributed by atoms with Gasteiger partial charge in [0.15, 0.2) is 5.96 Å². The van der Waals surface area contributed by atoms with Crippen molar-refractivity contribution in [3.05, 3.63) is 52.3 Å². The number of carbonyl (C=O) groups excluding carboxylic acids is 1. The Morgan fingerprint density at radius 2 is 1.74 bits per heavy atom. The Balaban J connectivity index is 0.00000364. The van der Waals surface area contributed by atoms with Gasteiger partial charge in [-0.1, -0.05) is 12.1 Å². The number of aromatic nitrogens is 2. The summed E-state index contributed by atoms with van der Waals surface area (Å²) in [6.45, 7) is 7.89. The van der Waals surface area contributed by atoms with Crippen molar-refractivity contribution in [1.82, 2.24) is 25.7 Å². The third kappa shape index (κ3) is 6.23. The van der Waals surface area contributed by atoms with Gasteiger partial charge in [0.05, 0.1) is 5.69 Å². The maximum atomic E-state index is 11.8. The summed E-state index contributed by atoms with van der Waals surface area (Å²) in [6, 6.07) is 7.56. The Morgan fingerprint density at radius 1 is 1.11 bits per heavy atom. The van der Waals surface area contributed by atoms with Crippen molar-refractivity contribution in [1.29, 1.82) is 0 Å². The number of carbonyl (C=O) groups is 1. The highest BCUT2D eigenvalue weighted by atomic mass is 127. The molecule has 1 aromatic heterocycles. The highest BCUT2D eigenvalue weighted by Crippen LogP contribution is 2.11. The molecule has 0 spiro atoms. The SMILES string of the molecule is CCNC(=O)c1ccc(CNC(=NC)NCc2c(C)nn(C)c2C)cc1.I. The van der Waals surface area contributed by atoms with Crippen LogP contribution in [0.15, 0.2) is 29.3 Å². The highest BCUT2D eigenvalue weighted by molar-refractivity contribution is 14.0. The highest BCUT2D eigenvalue weighted by Gasteiger charge is 2.10. The van der Waals surface area contributed by atoms with E-state index >= 15 is 0 Å². The standard InChI is InChI=1S/C19H28N6O.HI/c1-6-21-18(26)16-9-7-15(8-10-16)11-22-19(20-4)23-12-17-13(2)24-25(5)14(17)3;/h7-10H,6,11-12H2,1-5H3,(H,21,26)(H2,20,22,23);1H. The van der Waals surface area contributed by atoms with Gasteiger partial charge in [-0.25, -0.2) is 0 Å². The summed E-state index contributed by atoms with van der Waals surface area (Å²) in [5.74, 6) is 0.673. The molecule has 1 amide bonds. The molecule has 1 aromatic carbocycles. The fraction of sp³-hybridized carbons (Fsp3) is 0.421. The minimum atomic E-state index is -0.0494. The van der Waals surface area contributed by atoms with Crippen LogP contribution in [0.25, 0.3) is 0 Å². The Morgan fingerprint density at radius 3 is 2.26 bits per heavy atom. The molecular formula is C19H29IN6O. The average Bonchev–Trinajstić information content (AvgIpc) is 2.88. The van der Waals surface area contributed by atoms with E-state index in [1.54, 1.807) is 7.05 Å². The molecular weight excluding hydrogens is 455 g/mol. The number of aliphatic imine (C=N–C) groups is 1. The summed E-state index contributed by atoms with van der Waals surface area (Å²) in [4.78, 5) is 16.0. The summed E-state index contributed by atoms with van der Waals surface area (Å²) < 4.78 is 1.89. The molecule has 27 heavy (non-hydrogen) atoms. The molecule has 1 heterocycles. The van der Waals surface area contributed by atoms with Gasteiger partial charge in [0.1, 0.15) is 0 Å². The second-order valence-corrected chi connectivity index (χ2v) is 6.11. The lowest BCUT2D eigenvalue weighted by molar-refractivity contribution is 0.0956. The zero-order valence-corrected chi connectivity index (χ0v) is 18.9. The Labute approximate surface area is 178 Å². The van der Waals surface area contributed by atoms with Gasteiger partial charge in [-0.15, -0.1) is 24.0 Å². The van der Waals surface area contributed by atoms with E-state index in [0.717, 1.165) is 22.9 Å². The molecule has 0 saturated carbocycles. The van der Waals surface area contributed by atoms with E-state index in [1.165, 1.54) is 5.56 Å². The van der Waals surface area contributed by atoms with Crippen LogP contribution in [0.3, 0.4) is 0 Å². The predicted octanol–water partition coefficient (Wildman–Crippen LogP) is 2.27. The van der Waals surface area contributed by atoms with E-state index in [1.807, 2.05) is 49.8 Å². The number of nitrogens with zero attached hydrogens (tertiary/aromatic N) is 3. The molecule has 148 valence electrons. The normalized spacial score (nSPS) is 10.9. The van der Waals surface area contributed by atoms with Crippen LogP contribution in [-0.4, -0.2) is 35.2 Å². The molecule has 0 bridgehead atoms. The third-order valence-corrected chi connectivity index (χ3v) is 4.33. The molecule has 0 aliphatic heterocycles. The zero-order valence-electron chi connectivity index (χ0n) is 16.6. The summed E-state index contributed by atoms with van der Waals surface area (Å²) in [7, 11) is 3.69.